The third kappa shape index (κ3) is 6.02. The first-order valence-electron chi connectivity index (χ1n) is 9.42. The second kappa shape index (κ2) is 9.85. The first-order valence-corrected chi connectivity index (χ1v) is 10.2. The van der Waals surface area contributed by atoms with Gasteiger partial charge < -0.3 is 20.3 Å². The molecular weight excluding hydrogens is 413 g/mol. The molecule has 29 heavy (non-hydrogen) atoms. The third-order valence-corrected chi connectivity index (χ3v) is 5.28. The van der Waals surface area contributed by atoms with Crippen LogP contribution in [0.4, 0.5) is 11.4 Å². The summed E-state index contributed by atoms with van der Waals surface area (Å²) >= 11 is 12.4. The Morgan fingerprint density at radius 3 is 2.76 bits per heavy atom. The van der Waals surface area contributed by atoms with Crippen LogP contribution in [0.1, 0.15) is 18.4 Å². The number of hydrogen-bond donors (Lipinski definition) is 2. The van der Waals surface area contributed by atoms with Crippen LogP contribution in [-0.4, -0.2) is 38.1 Å². The Bertz CT molecular complexity index is 905. The number of carbonyl (C=O) groups excluding carboxylic acids is 2. The Hall–Kier alpha value is -2.44. The number of nitrogens with one attached hydrogen (secondary N) is 2. The third-order valence-electron chi connectivity index (χ3n) is 4.56. The SMILES string of the molecule is Cc1cc(OCCCC(=O)Nc2ccc(N3CCNC(=O)C3)c(Cl)c2)ccc1Cl. The number of carbonyl (C=O) groups is 2. The van der Waals surface area contributed by atoms with E-state index in [1.165, 1.54) is 0 Å². The first kappa shape index (κ1) is 21.3. The first-order chi connectivity index (χ1) is 13.9. The molecule has 0 atom stereocenters. The van der Waals surface area contributed by atoms with Gasteiger partial charge in [-0.15, -0.1) is 0 Å². The Balaban J connectivity index is 1.45. The maximum atomic E-state index is 12.2. The maximum Gasteiger partial charge on any atom is 0.239 e. The lowest BCUT2D eigenvalue weighted by Crippen LogP contribution is -2.47. The zero-order valence-corrected chi connectivity index (χ0v) is 17.6. The zero-order chi connectivity index (χ0) is 20.8. The highest BCUT2D eigenvalue weighted by Crippen LogP contribution is 2.29. The second-order valence-corrected chi connectivity index (χ2v) is 7.66. The standard InChI is InChI=1S/C21H23Cl2N3O3/c1-14-11-16(5-6-17(14)22)29-10-2-3-20(27)25-15-4-7-19(18(23)12-15)26-9-8-24-21(28)13-26/h4-7,11-12H,2-3,8-10,13H2,1H3,(H,24,28)(H,25,27). The molecule has 1 aliphatic heterocycles. The van der Waals surface area contributed by atoms with Gasteiger partial charge in [-0.3, -0.25) is 9.59 Å². The number of anilines is 2. The molecule has 154 valence electrons. The summed E-state index contributed by atoms with van der Waals surface area (Å²) in [4.78, 5) is 25.6. The van der Waals surface area contributed by atoms with Gasteiger partial charge in [-0.2, -0.15) is 0 Å². The van der Waals surface area contributed by atoms with E-state index in [0.29, 0.717) is 48.3 Å². The highest BCUT2D eigenvalue weighted by molar-refractivity contribution is 6.33. The van der Waals surface area contributed by atoms with Crippen LogP contribution in [0.5, 0.6) is 5.75 Å². The Morgan fingerprint density at radius 2 is 2.03 bits per heavy atom. The number of piperazine rings is 1. The van der Waals surface area contributed by atoms with E-state index in [2.05, 4.69) is 10.6 Å². The minimum Gasteiger partial charge on any atom is -0.494 e. The largest absolute Gasteiger partial charge is 0.494 e. The summed E-state index contributed by atoms with van der Waals surface area (Å²) in [6, 6.07) is 10.8. The highest BCUT2D eigenvalue weighted by atomic mass is 35.5. The monoisotopic (exact) mass is 435 g/mol. The predicted molar refractivity (Wildman–Crippen MR) is 116 cm³/mol. The summed E-state index contributed by atoms with van der Waals surface area (Å²) in [5.41, 5.74) is 2.36. The molecule has 0 saturated carbocycles. The lowest BCUT2D eigenvalue weighted by molar-refractivity contribution is -0.120. The van der Waals surface area contributed by atoms with E-state index in [-0.39, 0.29) is 18.4 Å². The van der Waals surface area contributed by atoms with Crippen LogP contribution in [0.25, 0.3) is 0 Å². The average Bonchev–Trinajstić information content (AvgIpc) is 2.68. The molecule has 0 bridgehead atoms. The van der Waals surface area contributed by atoms with Crippen molar-refractivity contribution < 1.29 is 14.3 Å². The molecule has 0 aromatic heterocycles. The fraction of sp³-hybridized carbons (Fsp3) is 0.333. The quantitative estimate of drug-likeness (QED) is 0.643. The van der Waals surface area contributed by atoms with Crippen LogP contribution >= 0.6 is 23.2 Å². The molecular formula is C21H23Cl2N3O3. The summed E-state index contributed by atoms with van der Waals surface area (Å²) in [7, 11) is 0. The van der Waals surface area contributed by atoms with E-state index in [1.807, 2.05) is 30.0 Å². The molecule has 0 spiro atoms. The van der Waals surface area contributed by atoms with Gasteiger partial charge in [0.15, 0.2) is 0 Å². The molecule has 2 aromatic carbocycles. The molecule has 3 rings (SSSR count). The van der Waals surface area contributed by atoms with Crippen LogP contribution in [0, 0.1) is 6.92 Å². The molecule has 0 aliphatic carbocycles. The van der Waals surface area contributed by atoms with E-state index in [9.17, 15) is 9.59 Å². The van der Waals surface area contributed by atoms with Crippen molar-refractivity contribution in [2.75, 3.05) is 36.5 Å². The summed E-state index contributed by atoms with van der Waals surface area (Å²) in [6.07, 6.45) is 0.917. The Kier molecular flexibility index (Phi) is 7.23. The van der Waals surface area contributed by atoms with Gasteiger partial charge in [0.1, 0.15) is 5.75 Å². The summed E-state index contributed by atoms with van der Waals surface area (Å²) in [6.45, 7) is 3.92. The summed E-state index contributed by atoms with van der Waals surface area (Å²) < 4.78 is 5.66. The Morgan fingerprint density at radius 1 is 1.21 bits per heavy atom. The smallest absolute Gasteiger partial charge is 0.239 e. The molecule has 0 unspecified atom stereocenters. The van der Waals surface area contributed by atoms with Gasteiger partial charge in [0.25, 0.3) is 0 Å². The van der Waals surface area contributed by atoms with E-state index in [0.717, 1.165) is 17.0 Å². The normalized spacial score (nSPS) is 13.8. The average molecular weight is 436 g/mol. The molecule has 2 N–H and O–H groups in total. The van der Waals surface area contributed by atoms with Gasteiger partial charge in [0.2, 0.25) is 11.8 Å². The lowest BCUT2D eigenvalue weighted by atomic mass is 10.2. The van der Waals surface area contributed by atoms with Crippen molar-refractivity contribution in [3.63, 3.8) is 0 Å². The van der Waals surface area contributed by atoms with Crippen LogP contribution in [0.3, 0.4) is 0 Å². The number of nitrogens with zero attached hydrogens (tertiary/aromatic N) is 1. The van der Waals surface area contributed by atoms with Crippen molar-refractivity contribution in [2.24, 2.45) is 0 Å². The number of hydrogen-bond acceptors (Lipinski definition) is 4. The number of benzene rings is 2. The zero-order valence-electron chi connectivity index (χ0n) is 16.1. The van der Waals surface area contributed by atoms with Crippen molar-refractivity contribution in [2.45, 2.75) is 19.8 Å². The molecule has 0 radical (unpaired) electrons. The molecule has 1 heterocycles. The van der Waals surface area contributed by atoms with Gasteiger partial charge in [0, 0.05) is 30.2 Å². The van der Waals surface area contributed by atoms with E-state index >= 15 is 0 Å². The van der Waals surface area contributed by atoms with Crippen molar-refractivity contribution >= 4 is 46.4 Å². The van der Waals surface area contributed by atoms with Crippen LogP contribution < -0.4 is 20.3 Å². The topological polar surface area (TPSA) is 70.7 Å². The molecule has 2 amide bonds. The maximum absolute atomic E-state index is 12.2. The van der Waals surface area contributed by atoms with Gasteiger partial charge in [-0.25, -0.2) is 0 Å². The molecule has 1 fully saturated rings. The van der Waals surface area contributed by atoms with Gasteiger partial charge >= 0.3 is 0 Å². The van der Waals surface area contributed by atoms with Crippen molar-refractivity contribution in [1.29, 1.82) is 0 Å². The fourth-order valence-corrected chi connectivity index (χ4v) is 3.46. The van der Waals surface area contributed by atoms with Gasteiger partial charge in [0.05, 0.1) is 23.9 Å². The Labute approximate surface area is 180 Å². The number of halogens is 2. The second-order valence-electron chi connectivity index (χ2n) is 6.85. The van der Waals surface area contributed by atoms with E-state index < -0.39 is 0 Å². The number of rotatable bonds is 7. The van der Waals surface area contributed by atoms with E-state index in [4.69, 9.17) is 27.9 Å². The lowest BCUT2D eigenvalue weighted by Gasteiger charge is -2.29. The van der Waals surface area contributed by atoms with Crippen LogP contribution in [0.2, 0.25) is 10.0 Å². The van der Waals surface area contributed by atoms with Crippen LogP contribution in [0.15, 0.2) is 36.4 Å². The molecule has 2 aromatic rings. The van der Waals surface area contributed by atoms with Gasteiger partial charge in [-0.05, 0) is 55.3 Å². The molecule has 1 saturated heterocycles. The molecule has 1 aliphatic rings. The van der Waals surface area contributed by atoms with Crippen molar-refractivity contribution in [3.05, 3.63) is 52.0 Å². The minimum atomic E-state index is -0.109. The number of ether oxygens (including phenoxy) is 1. The van der Waals surface area contributed by atoms with Crippen molar-refractivity contribution in [1.82, 2.24) is 5.32 Å². The molecule has 6 nitrogen and oxygen atoms in total. The summed E-state index contributed by atoms with van der Waals surface area (Å²) in [5, 5.41) is 6.82. The number of amides is 2. The summed E-state index contributed by atoms with van der Waals surface area (Å²) in [5.74, 6) is 0.601. The minimum absolute atomic E-state index is 0.0272. The number of aryl methyl sites for hydroxylation is 1. The van der Waals surface area contributed by atoms with Crippen molar-refractivity contribution in [3.8, 4) is 5.75 Å². The van der Waals surface area contributed by atoms with E-state index in [1.54, 1.807) is 18.2 Å². The molecule has 8 heteroatoms. The highest BCUT2D eigenvalue weighted by Gasteiger charge is 2.18. The fourth-order valence-electron chi connectivity index (χ4n) is 3.04. The van der Waals surface area contributed by atoms with Gasteiger partial charge in [-0.1, -0.05) is 23.2 Å². The predicted octanol–water partition coefficient (Wildman–Crippen LogP) is 4.04. The van der Waals surface area contributed by atoms with Crippen LogP contribution in [-0.2, 0) is 9.59 Å².